The molecule has 9 nitrogen and oxygen atoms in total. The molecule has 3 aromatic rings. The maximum Gasteiger partial charge on any atom is 0.265 e. The van der Waals surface area contributed by atoms with E-state index in [1.807, 2.05) is 0 Å². The number of halogens is 1. The second-order valence-electron chi connectivity index (χ2n) is 7.29. The van der Waals surface area contributed by atoms with Gasteiger partial charge in [-0.3, -0.25) is 14.4 Å². The zero-order chi connectivity index (χ0) is 22.1. The first-order chi connectivity index (χ1) is 14.8. The number of nitrogens with zero attached hydrogens (tertiary/aromatic N) is 4. The van der Waals surface area contributed by atoms with Gasteiger partial charge in [-0.15, -0.1) is 0 Å². The van der Waals surface area contributed by atoms with Crippen molar-refractivity contribution in [1.29, 1.82) is 0 Å². The summed E-state index contributed by atoms with van der Waals surface area (Å²) in [6.07, 6.45) is 1.36. The number of rotatable bonds is 4. The SMILES string of the molecule is Cc1oc2ncn(C)c(=O)c2c1C(=O)N1CCN(C(=O)COc2ccc(Cl)cc2)CC1. The van der Waals surface area contributed by atoms with Crippen LogP contribution in [0.1, 0.15) is 16.1 Å². The first kappa shape index (κ1) is 20.9. The zero-order valence-electron chi connectivity index (χ0n) is 17.1. The summed E-state index contributed by atoms with van der Waals surface area (Å²) in [6, 6.07) is 6.78. The highest BCUT2D eigenvalue weighted by molar-refractivity contribution is 6.30. The van der Waals surface area contributed by atoms with E-state index in [-0.39, 0.29) is 40.6 Å². The minimum atomic E-state index is -0.335. The number of furan rings is 1. The molecule has 1 aromatic carbocycles. The Morgan fingerprint density at radius 1 is 1.13 bits per heavy atom. The Morgan fingerprint density at radius 2 is 1.77 bits per heavy atom. The van der Waals surface area contributed by atoms with E-state index in [9.17, 15) is 14.4 Å². The summed E-state index contributed by atoms with van der Waals surface area (Å²) in [5, 5.41) is 0.774. The summed E-state index contributed by atoms with van der Waals surface area (Å²) in [5.74, 6) is 0.450. The van der Waals surface area contributed by atoms with Gasteiger partial charge in [-0.05, 0) is 31.2 Å². The maximum absolute atomic E-state index is 13.1. The van der Waals surface area contributed by atoms with Gasteiger partial charge in [0.05, 0.1) is 5.56 Å². The van der Waals surface area contributed by atoms with Crippen molar-refractivity contribution in [3.05, 3.63) is 57.3 Å². The molecule has 162 valence electrons. The number of carbonyl (C=O) groups is 2. The molecule has 3 heterocycles. The Hall–Kier alpha value is -3.33. The Morgan fingerprint density at radius 3 is 2.45 bits per heavy atom. The lowest BCUT2D eigenvalue weighted by Gasteiger charge is -2.34. The second-order valence-corrected chi connectivity index (χ2v) is 7.73. The fraction of sp³-hybridized carbons (Fsp3) is 0.333. The Bertz CT molecular complexity index is 1190. The van der Waals surface area contributed by atoms with Crippen LogP contribution in [0.15, 0.2) is 39.8 Å². The molecule has 4 rings (SSSR count). The molecule has 2 aromatic heterocycles. The van der Waals surface area contributed by atoms with E-state index in [0.717, 1.165) is 0 Å². The topological polar surface area (TPSA) is 97.9 Å². The van der Waals surface area contributed by atoms with E-state index in [1.54, 1.807) is 48.0 Å². The van der Waals surface area contributed by atoms with Gasteiger partial charge in [-0.1, -0.05) is 11.6 Å². The highest BCUT2D eigenvalue weighted by atomic mass is 35.5. The van der Waals surface area contributed by atoms with E-state index < -0.39 is 0 Å². The minimum absolute atomic E-state index is 0.0945. The molecule has 0 unspecified atom stereocenters. The molecule has 1 aliphatic rings. The van der Waals surface area contributed by atoms with Crippen LogP contribution in [-0.2, 0) is 11.8 Å². The van der Waals surface area contributed by atoms with Crippen molar-refractivity contribution >= 4 is 34.5 Å². The smallest absolute Gasteiger partial charge is 0.265 e. The van der Waals surface area contributed by atoms with Gasteiger partial charge in [0.25, 0.3) is 17.4 Å². The van der Waals surface area contributed by atoms with Crippen LogP contribution in [0.2, 0.25) is 5.02 Å². The number of hydrogen-bond acceptors (Lipinski definition) is 6. The van der Waals surface area contributed by atoms with Gasteiger partial charge in [0, 0.05) is 38.2 Å². The summed E-state index contributed by atoms with van der Waals surface area (Å²) >= 11 is 5.84. The quantitative estimate of drug-likeness (QED) is 0.609. The van der Waals surface area contributed by atoms with Crippen LogP contribution < -0.4 is 10.3 Å². The number of aryl methyl sites for hydroxylation is 2. The van der Waals surface area contributed by atoms with Gasteiger partial charge in [0.2, 0.25) is 5.71 Å². The number of aromatic nitrogens is 2. The first-order valence-corrected chi connectivity index (χ1v) is 10.1. The van der Waals surface area contributed by atoms with Gasteiger partial charge in [0.15, 0.2) is 6.61 Å². The van der Waals surface area contributed by atoms with Crippen molar-refractivity contribution in [2.75, 3.05) is 32.8 Å². The predicted molar refractivity (Wildman–Crippen MR) is 113 cm³/mol. The number of ether oxygens (including phenoxy) is 1. The summed E-state index contributed by atoms with van der Waals surface area (Å²) in [6.45, 7) is 2.99. The van der Waals surface area contributed by atoms with Crippen molar-refractivity contribution in [3.63, 3.8) is 0 Å². The average molecular weight is 445 g/mol. The van der Waals surface area contributed by atoms with Gasteiger partial charge in [0.1, 0.15) is 23.2 Å². The molecule has 1 saturated heterocycles. The molecule has 31 heavy (non-hydrogen) atoms. The van der Waals surface area contributed by atoms with Gasteiger partial charge in [-0.25, -0.2) is 4.98 Å². The minimum Gasteiger partial charge on any atom is -0.484 e. The average Bonchev–Trinajstić information content (AvgIpc) is 3.12. The van der Waals surface area contributed by atoms with Crippen LogP contribution in [0.4, 0.5) is 0 Å². The largest absolute Gasteiger partial charge is 0.484 e. The lowest BCUT2D eigenvalue weighted by molar-refractivity contribution is -0.134. The number of carbonyl (C=O) groups excluding carboxylic acids is 2. The van der Waals surface area contributed by atoms with Crippen molar-refractivity contribution in [3.8, 4) is 5.75 Å². The van der Waals surface area contributed by atoms with Crippen LogP contribution in [0.3, 0.4) is 0 Å². The van der Waals surface area contributed by atoms with Crippen molar-refractivity contribution < 1.29 is 18.7 Å². The molecule has 0 spiro atoms. The Balaban J connectivity index is 1.40. The predicted octanol–water partition coefficient (Wildman–Crippen LogP) is 1.85. The van der Waals surface area contributed by atoms with Crippen LogP contribution in [0.5, 0.6) is 5.75 Å². The van der Waals surface area contributed by atoms with Crippen molar-refractivity contribution in [1.82, 2.24) is 19.4 Å². The fourth-order valence-corrected chi connectivity index (χ4v) is 3.65. The monoisotopic (exact) mass is 444 g/mol. The third-order valence-electron chi connectivity index (χ3n) is 5.26. The number of piperazine rings is 1. The third kappa shape index (κ3) is 4.13. The van der Waals surface area contributed by atoms with Crippen molar-refractivity contribution in [2.24, 2.45) is 7.05 Å². The Kier molecular flexibility index (Phi) is 5.69. The Labute approximate surface area is 182 Å². The van der Waals surface area contributed by atoms with Crippen molar-refractivity contribution in [2.45, 2.75) is 6.92 Å². The standard InChI is InChI=1S/C21H21ClN4O5/c1-13-17(18-19(31-13)23-12-24(2)20(18)28)21(29)26-9-7-25(8-10-26)16(27)11-30-15-5-3-14(22)4-6-15/h3-6,12H,7-11H2,1-2H3. The molecule has 10 heteroatoms. The molecule has 0 aliphatic carbocycles. The van der Waals surface area contributed by atoms with E-state index >= 15 is 0 Å². The van der Waals surface area contributed by atoms with Gasteiger partial charge < -0.3 is 23.5 Å². The van der Waals surface area contributed by atoms with E-state index in [2.05, 4.69) is 4.98 Å². The molecule has 0 N–H and O–H groups in total. The van der Waals surface area contributed by atoms with E-state index in [1.165, 1.54) is 10.9 Å². The number of amides is 2. The number of hydrogen-bond donors (Lipinski definition) is 0. The first-order valence-electron chi connectivity index (χ1n) is 9.75. The molecule has 0 atom stereocenters. The highest BCUT2D eigenvalue weighted by Crippen LogP contribution is 2.23. The van der Waals surface area contributed by atoms with Crippen LogP contribution in [0, 0.1) is 6.92 Å². The molecule has 2 amide bonds. The molecule has 1 fully saturated rings. The third-order valence-corrected chi connectivity index (χ3v) is 5.51. The lowest BCUT2D eigenvalue weighted by Crippen LogP contribution is -2.51. The zero-order valence-corrected chi connectivity index (χ0v) is 17.9. The molecular weight excluding hydrogens is 424 g/mol. The van der Waals surface area contributed by atoms with Crippen LogP contribution >= 0.6 is 11.6 Å². The van der Waals surface area contributed by atoms with Crippen LogP contribution in [0.25, 0.3) is 11.1 Å². The van der Waals surface area contributed by atoms with E-state index in [4.69, 9.17) is 20.8 Å². The maximum atomic E-state index is 13.1. The summed E-state index contributed by atoms with van der Waals surface area (Å²) < 4.78 is 12.3. The number of fused-ring (bicyclic) bond motifs is 1. The van der Waals surface area contributed by atoms with Gasteiger partial charge >= 0.3 is 0 Å². The molecular formula is C21H21ClN4O5. The molecule has 0 radical (unpaired) electrons. The number of benzene rings is 1. The lowest BCUT2D eigenvalue weighted by atomic mass is 10.1. The van der Waals surface area contributed by atoms with Gasteiger partial charge in [-0.2, -0.15) is 0 Å². The fourth-order valence-electron chi connectivity index (χ4n) is 3.53. The van der Waals surface area contributed by atoms with E-state index in [0.29, 0.717) is 42.7 Å². The van der Waals surface area contributed by atoms with Crippen LogP contribution in [-0.4, -0.2) is 64.0 Å². The molecule has 0 saturated carbocycles. The normalized spacial score (nSPS) is 14.2. The second kappa shape index (κ2) is 8.43. The summed E-state index contributed by atoms with van der Waals surface area (Å²) in [4.78, 5) is 45.5. The summed E-state index contributed by atoms with van der Waals surface area (Å²) in [7, 11) is 1.57. The molecule has 1 aliphatic heterocycles. The summed E-state index contributed by atoms with van der Waals surface area (Å²) in [5.41, 5.74) is 0.0463. The highest BCUT2D eigenvalue weighted by Gasteiger charge is 2.30. The molecule has 0 bridgehead atoms.